The highest BCUT2D eigenvalue weighted by Gasteiger charge is 2.33. The summed E-state index contributed by atoms with van der Waals surface area (Å²) in [5.74, 6) is 0.0218. The van der Waals surface area contributed by atoms with E-state index < -0.39 is 14.2 Å². The van der Waals surface area contributed by atoms with E-state index in [4.69, 9.17) is 30.5 Å². The molecule has 1 rings (SSSR count). The second-order valence-electron chi connectivity index (χ2n) is 2.72. The van der Waals surface area contributed by atoms with Gasteiger partial charge in [-0.2, -0.15) is 0 Å². The van der Waals surface area contributed by atoms with Crippen molar-refractivity contribution in [1.29, 1.82) is 0 Å². The summed E-state index contributed by atoms with van der Waals surface area (Å²) >= 11 is 11.0. The van der Waals surface area contributed by atoms with Crippen molar-refractivity contribution in [3.8, 4) is 0 Å². The molecule has 4 nitrogen and oxygen atoms in total. The van der Waals surface area contributed by atoms with Crippen LogP contribution < -0.4 is 5.09 Å². The van der Waals surface area contributed by atoms with Gasteiger partial charge < -0.3 is 4.52 Å². The Balaban J connectivity index is 2.81. The van der Waals surface area contributed by atoms with Crippen molar-refractivity contribution in [3.05, 3.63) is 0 Å². The lowest BCUT2D eigenvalue weighted by molar-refractivity contribution is 0.203. The number of hydrogen-bond acceptors (Lipinski definition) is 2. The minimum absolute atomic E-state index is 0.261. The largest absolute Gasteiger partial charge is 0.343 e. The van der Waals surface area contributed by atoms with Gasteiger partial charge in [-0.25, -0.2) is 9.76 Å². The first kappa shape index (κ1) is 9.88. The summed E-state index contributed by atoms with van der Waals surface area (Å²) in [6.07, 6.45) is 0.628. The van der Waals surface area contributed by atoms with Gasteiger partial charge in [0.05, 0.1) is 6.61 Å². The van der Waals surface area contributed by atoms with Gasteiger partial charge in [0.25, 0.3) is 0 Å². The van der Waals surface area contributed by atoms with E-state index in [-0.39, 0.29) is 11.8 Å². The van der Waals surface area contributed by atoms with Crippen molar-refractivity contribution in [2.75, 3.05) is 38.0 Å². The molecule has 1 aliphatic rings. The van der Waals surface area contributed by atoms with E-state index in [1.54, 1.807) is 0 Å². The fraction of sp³-hybridized carbons (Fsp3) is 1.00. The fourth-order valence-electron chi connectivity index (χ4n) is 1.16. The van der Waals surface area contributed by atoms with E-state index in [0.29, 0.717) is 26.1 Å². The van der Waals surface area contributed by atoms with Gasteiger partial charge in [-0.3, -0.25) is 4.57 Å². The Hall–Kier alpha value is 0.690. The Morgan fingerprint density at radius 2 is 2.36 bits per heavy atom. The van der Waals surface area contributed by atoms with Crippen molar-refractivity contribution >= 4 is 30.9 Å². The predicted molar refractivity (Wildman–Crippen MR) is 59.2 cm³/mol. The zero-order valence-electron chi connectivity index (χ0n) is 9.71. The maximum absolute atomic E-state index is 12.4. The predicted octanol–water partition coefficient (Wildman–Crippen LogP) is 1.88. The highest BCUT2D eigenvalue weighted by atomic mass is 35.5. The molecule has 0 aromatic carbocycles. The zero-order valence-corrected chi connectivity index (χ0v) is 10.1. The van der Waals surface area contributed by atoms with Crippen molar-refractivity contribution in [2.45, 2.75) is 6.42 Å². The molecule has 1 heterocycles. The molecule has 1 aliphatic heterocycles. The van der Waals surface area contributed by atoms with Crippen LogP contribution in [-0.2, 0) is 9.09 Å². The van der Waals surface area contributed by atoms with Crippen LogP contribution in [0.3, 0.4) is 0 Å². The van der Waals surface area contributed by atoms with Crippen LogP contribution in [0.1, 0.15) is 9.16 Å². The van der Waals surface area contributed by atoms with Gasteiger partial charge in [0.1, 0.15) is 0 Å². The molecule has 0 aromatic rings. The first-order valence-corrected chi connectivity index (χ1v) is 7.01. The van der Waals surface area contributed by atoms with Crippen molar-refractivity contribution in [3.63, 3.8) is 0 Å². The molecule has 7 heteroatoms. The molecule has 1 N–H and O–H groups in total. The highest BCUT2D eigenvalue weighted by Crippen LogP contribution is 2.48. The van der Waals surface area contributed by atoms with Crippen LogP contribution in [-0.4, -0.2) is 42.6 Å². The smallest absolute Gasteiger partial charge is 0.306 e. The first-order valence-electron chi connectivity index (χ1n) is 5.36. The number of hydrogen-bond donors (Lipinski definition) is 1. The van der Waals surface area contributed by atoms with Gasteiger partial charge in [-0.15, -0.1) is 23.2 Å². The normalized spacial score (nSPS) is 32.4. The van der Waals surface area contributed by atoms with Crippen LogP contribution in [0.4, 0.5) is 0 Å². The molecule has 0 bridgehead atoms. The molecule has 84 valence electrons. The molecular formula is C7H15Cl2N2O2P. The molecule has 0 saturated carbocycles. The second kappa shape index (κ2) is 6.31. The Bertz CT molecular complexity index is 283. The molecule has 1 unspecified atom stereocenters. The van der Waals surface area contributed by atoms with E-state index in [1.807, 2.05) is 0 Å². The molecule has 1 saturated heterocycles. The average molecular weight is 263 g/mol. The van der Waals surface area contributed by atoms with Gasteiger partial charge in [0.15, 0.2) is 0 Å². The van der Waals surface area contributed by atoms with Crippen molar-refractivity contribution < 1.29 is 11.8 Å². The van der Waals surface area contributed by atoms with Crippen LogP contribution in [0.5, 0.6) is 0 Å². The quantitative estimate of drug-likeness (QED) is 0.607. The summed E-state index contributed by atoms with van der Waals surface area (Å²) in [4.78, 5) is 0. The van der Waals surface area contributed by atoms with Gasteiger partial charge in [0.2, 0.25) is 0 Å². The molecular weight excluding hydrogens is 246 g/mol. The van der Waals surface area contributed by atoms with Crippen LogP contribution in [0.15, 0.2) is 0 Å². The van der Waals surface area contributed by atoms with Crippen molar-refractivity contribution in [2.24, 2.45) is 0 Å². The Labute approximate surface area is 97.3 Å². The Morgan fingerprint density at radius 3 is 3.00 bits per heavy atom. The molecule has 1 atom stereocenters. The number of nitrogens with one attached hydrogen (secondary N) is 1. The minimum Gasteiger partial charge on any atom is -0.306 e. The number of nitrogens with zero attached hydrogens (tertiary/aromatic N) is 1. The van der Waals surface area contributed by atoms with Gasteiger partial charge in [-0.1, -0.05) is 0 Å². The maximum Gasteiger partial charge on any atom is 0.343 e. The molecule has 1 fully saturated rings. The summed E-state index contributed by atoms with van der Waals surface area (Å²) in [6.45, 7) is -0.849. The number of alkyl halides is 2. The lowest BCUT2D eigenvalue weighted by atomic mass is 10.4. The van der Waals surface area contributed by atoms with Crippen LogP contribution in [0, 0.1) is 0 Å². The van der Waals surface area contributed by atoms with Gasteiger partial charge in [-0.05, 0) is 6.42 Å². The monoisotopic (exact) mass is 262 g/mol. The zero-order chi connectivity index (χ0) is 12.2. The van der Waals surface area contributed by atoms with E-state index in [2.05, 4.69) is 5.09 Å². The van der Waals surface area contributed by atoms with Crippen LogP contribution in [0.2, 0.25) is 0 Å². The van der Waals surface area contributed by atoms with E-state index >= 15 is 0 Å². The lowest BCUT2D eigenvalue weighted by Crippen LogP contribution is -2.36. The fourth-order valence-corrected chi connectivity index (χ4v) is 3.45. The molecule has 0 amide bonds. The Morgan fingerprint density at radius 1 is 1.57 bits per heavy atom. The number of halogens is 2. The molecule has 0 radical (unpaired) electrons. The van der Waals surface area contributed by atoms with Crippen LogP contribution in [0.25, 0.3) is 0 Å². The second-order valence-corrected chi connectivity index (χ2v) is 5.46. The van der Waals surface area contributed by atoms with Gasteiger partial charge in [0, 0.05) is 34.1 Å². The summed E-state index contributed by atoms with van der Waals surface area (Å²) in [5, 5.41) is 2.67. The van der Waals surface area contributed by atoms with E-state index in [1.165, 1.54) is 4.67 Å². The third-order valence-electron chi connectivity index (χ3n) is 1.75. The summed E-state index contributed by atoms with van der Waals surface area (Å²) < 4.78 is 34.1. The van der Waals surface area contributed by atoms with E-state index in [9.17, 15) is 4.57 Å². The van der Waals surface area contributed by atoms with Crippen molar-refractivity contribution in [1.82, 2.24) is 9.76 Å². The molecule has 0 spiro atoms. The number of rotatable bonds is 5. The molecule has 0 aromatic heterocycles. The standard InChI is InChI=1S/C7H15Cl2N2O2P/c8-2-4-10-14(12)11(6-3-9)5-1-7-13-14/h1-7H2,(H,10,12)/i6D2. The summed E-state index contributed by atoms with van der Waals surface area (Å²) in [6, 6.07) is 0. The topological polar surface area (TPSA) is 41.6 Å². The van der Waals surface area contributed by atoms with E-state index in [0.717, 1.165) is 0 Å². The maximum atomic E-state index is 12.4. The molecule has 0 aliphatic carbocycles. The SMILES string of the molecule is [2H]C([2H])(CCl)N1CCCOP1(=O)NCCCl. The molecule has 14 heavy (non-hydrogen) atoms. The lowest BCUT2D eigenvalue weighted by Gasteiger charge is -2.34. The summed E-state index contributed by atoms with van der Waals surface area (Å²) in [7, 11) is -3.34. The third kappa shape index (κ3) is 3.37. The summed E-state index contributed by atoms with van der Waals surface area (Å²) in [5.41, 5.74) is 0. The van der Waals surface area contributed by atoms with Gasteiger partial charge >= 0.3 is 7.67 Å². The Kier molecular flexibility index (Phi) is 4.46. The third-order valence-corrected chi connectivity index (χ3v) is 4.19. The van der Waals surface area contributed by atoms with Crippen LogP contribution >= 0.6 is 30.9 Å². The minimum atomic E-state index is -3.34. The highest BCUT2D eigenvalue weighted by molar-refractivity contribution is 7.54. The average Bonchev–Trinajstić information content (AvgIpc) is 2.27. The first-order chi connectivity index (χ1) is 7.46.